The number of hydrogen-bond donors (Lipinski definition) is 1. The minimum absolute atomic E-state index is 0.299. The van der Waals surface area contributed by atoms with Gasteiger partial charge in [-0.25, -0.2) is 8.42 Å². The summed E-state index contributed by atoms with van der Waals surface area (Å²) in [7, 11) is -1.81. The van der Waals surface area contributed by atoms with Gasteiger partial charge in [0.1, 0.15) is 0 Å². The maximum Gasteiger partial charge on any atom is 0.243 e. The van der Waals surface area contributed by atoms with E-state index in [1.165, 1.54) is 4.31 Å². The average Bonchev–Trinajstić information content (AvgIpc) is 2.43. The first-order chi connectivity index (χ1) is 9.45. The number of hydrogen-bond acceptors (Lipinski definition) is 4. The Bertz CT molecular complexity index is 623. The number of ether oxygens (including phenoxy) is 1. The van der Waals surface area contributed by atoms with Crippen LogP contribution in [-0.2, 0) is 14.8 Å². The van der Waals surface area contributed by atoms with Crippen LogP contribution in [0.1, 0.15) is 12.0 Å². The van der Waals surface area contributed by atoms with Gasteiger partial charge in [0.05, 0.1) is 11.5 Å². The van der Waals surface area contributed by atoms with E-state index >= 15 is 0 Å². The zero-order valence-electron chi connectivity index (χ0n) is 11.8. The molecule has 0 aromatic heterocycles. The summed E-state index contributed by atoms with van der Waals surface area (Å²) < 4.78 is 31.6. The summed E-state index contributed by atoms with van der Waals surface area (Å²) in [5.74, 6) is 0. The normalized spacial score (nSPS) is 17.0. The van der Waals surface area contributed by atoms with E-state index < -0.39 is 10.0 Å². The van der Waals surface area contributed by atoms with Crippen molar-refractivity contribution in [3.63, 3.8) is 0 Å². The van der Waals surface area contributed by atoms with Crippen LogP contribution >= 0.6 is 0 Å². The lowest BCUT2D eigenvalue weighted by atomic mass is 10.1. The van der Waals surface area contributed by atoms with Crippen molar-refractivity contribution in [2.75, 3.05) is 32.5 Å². The SMILES string of the molecule is COCC1=CCN(S(=O)(=O)c2ccc(N)c(C)c2)CC1. The molecule has 0 radical (unpaired) electrons. The lowest BCUT2D eigenvalue weighted by molar-refractivity contribution is 0.219. The largest absolute Gasteiger partial charge is 0.399 e. The smallest absolute Gasteiger partial charge is 0.243 e. The van der Waals surface area contributed by atoms with Crippen molar-refractivity contribution in [3.8, 4) is 0 Å². The van der Waals surface area contributed by atoms with Crippen molar-refractivity contribution in [3.05, 3.63) is 35.4 Å². The molecule has 0 aliphatic carbocycles. The standard InChI is InChI=1S/C14H20N2O3S/c1-11-9-13(3-4-14(11)15)20(17,18)16-7-5-12(6-8-16)10-19-2/h3-5,9H,6-8,10,15H2,1-2H3. The Morgan fingerprint density at radius 1 is 1.40 bits per heavy atom. The van der Waals surface area contributed by atoms with Crippen molar-refractivity contribution >= 4 is 15.7 Å². The molecule has 110 valence electrons. The molecule has 1 heterocycles. The van der Waals surface area contributed by atoms with E-state index in [1.807, 2.05) is 6.08 Å². The molecule has 1 aliphatic rings. The fraction of sp³-hybridized carbons (Fsp3) is 0.429. The minimum atomic E-state index is -3.45. The minimum Gasteiger partial charge on any atom is -0.399 e. The molecular weight excluding hydrogens is 276 g/mol. The predicted molar refractivity (Wildman–Crippen MR) is 78.9 cm³/mol. The third kappa shape index (κ3) is 3.03. The number of sulfonamides is 1. The number of nitrogen functional groups attached to an aromatic ring is 1. The number of methoxy groups -OCH3 is 1. The van der Waals surface area contributed by atoms with Crippen molar-refractivity contribution in [2.45, 2.75) is 18.2 Å². The van der Waals surface area contributed by atoms with E-state index in [4.69, 9.17) is 10.5 Å². The number of aryl methyl sites for hydroxylation is 1. The molecule has 0 fully saturated rings. The van der Waals surface area contributed by atoms with Gasteiger partial charge in [-0.2, -0.15) is 4.31 Å². The molecule has 1 aliphatic heterocycles. The van der Waals surface area contributed by atoms with Gasteiger partial charge in [0.15, 0.2) is 0 Å². The first-order valence-electron chi connectivity index (χ1n) is 6.48. The highest BCUT2D eigenvalue weighted by Crippen LogP contribution is 2.23. The Morgan fingerprint density at radius 3 is 2.70 bits per heavy atom. The van der Waals surface area contributed by atoms with Crippen molar-refractivity contribution in [2.24, 2.45) is 0 Å². The molecule has 6 heteroatoms. The molecule has 2 N–H and O–H groups in total. The lowest BCUT2D eigenvalue weighted by Gasteiger charge is -2.25. The maximum absolute atomic E-state index is 12.5. The Balaban J connectivity index is 2.21. The van der Waals surface area contributed by atoms with Crippen molar-refractivity contribution in [1.82, 2.24) is 4.31 Å². The molecule has 0 atom stereocenters. The van der Waals surface area contributed by atoms with E-state index in [-0.39, 0.29) is 0 Å². The van der Waals surface area contributed by atoms with Gasteiger partial charge in [-0.05, 0) is 42.7 Å². The molecule has 1 aromatic rings. The van der Waals surface area contributed by atoms with Gasteiger partial charge < -0.3 is 10.5 Å². The first-order valence-corrected chi connectivity index (χ1v) is 7.92. The Morgan fingerprint density at radius 2 is 2.15 bits per heavy atom. The highest BCUT2D eigenvalue weighted by Gasteiger charge is 2.26. The molecule has 2 rings (SSSR count). The molecule has 0 saturated carbocycles. The zero-order valence-corrected chi connectivity index (χ0v) is 12.6. The van der Waals surface area contributed by atoms with Gasteiger partial charge in [-0.1, -0.05) is 6.08 Å². The van der Waals surface area contributed by atoms with Crippen LogP contribution in [0, 0.1) is 6.92 Å². The van der Waals surface area contributed by atoms with Crippen LogP contribution in [0.5, 0.6) is 0 Å². The Kier molecular flexibility index (Phi) is 4.47. The van der Waals surface area contributed by atoms with E-state index in [0.29, 0.717) is 36.7 Å². The molecule has 0 amide bonds. The molecule has 0 saturated heterocycles. The summed E-state index contributed by atoms with van der Waals surface area (Å²) in [5.41, 5.74) is 8.25. The Hall–Kier alpha value is -1.37. The third-order valence-electron chi connectivity index (χ3n) is 3.47. The summed E-state index contributed by atoms with van der Waals surface area (Å²) >= 11 is 0. The second-order valence-corrected chi connectivity index (χ2v) is 6.86. The number of nitrogens with two attached hydrogens (primary N) is 1. The fourth-order valence-corrected chi connectivity index (χ4v) is 3.65. The van der Waals surface area contributed by atoms with Gasteiger partial charge in [0.25, 0.3) is 0 Å². The van der Waals surface area contributed by atoms with E-state index in [2.05, 4.69) is 0 Å². The van der Waals surface area contributed by atoms with Gasteiger partial charge in [-0.15, -0.1) is 0 Å². The van der Waals surface area contributed by atoms with Crippen LogP contribution < -0.4 is 5.73 Å². The fourth-order valence-electron chi connectivity index (χ4n) is 2.19. The lowest BCUT2D eigenvalue weighted by Crippen LogP contribution is -2.35. The van der Waals surface area contributed by atoms with Crippen LogP contribution in [0.2, 0.25) is 0 Å². The van der Waals surface area contributed by atoms with Gasteiger partial charge >= 0.3 is 0 Å². The number of anilines is 1. The van der Waals surface area contributed by atoms with Crippen molar-refractivity contribution < 1.29 is 13.2 Å². The highest BCUT2D eigenvalue weighted by atomic mass is 32.2. The molecule has 0 bridgehead atoms. The topological polar surface area (TPSA) is 72.6 Å². The molecular formula is C14H20N2O3S. The van der Waals surface area contributed by atoms with Gasteiger partial charge in [-0.3, -0.25) is 0 Å². The van der Waals surface area contributed by atoms with E-state index in [1.54, 1.807) is 32.2 Å². The summed E-state index contributed by atoms with van der Waals surface area (Å²) in [6.45, 7) is 3.25. The van der Waals surface area contributed by atoms with Crippen LogP contribution in [0.4, 0.5) is 5.69 Å². The first kappa shape index (κ1) is 15.0. The third-order valence-corrected chi connectivity index (χ3v) is 5.34. The number of nitrogens with zero attached hydrogens (tertiary/aromatic N) is 1. The summed E-state index contributed by atoms with van der Waals surface area (Å²) in [4.78, 5) is 0.299. The summed E-state index contributed by atoms with van der Waals surface area (Å²) in [6, 6.07) is 4.82. The van der Waals surface area contributed by atoms with Crippen LogP contribution in [0.25, 0.3) is 0 Å². The van der Waals surface area contributed by atoms with Crippen LogP contribution in [0.3, 0.4) is 0 Å². The van der Waals surface area contributed by atoms with Crippen molar-refractivity contribution in [1.29, 1.82) is 0 Å². The quantitative estimate of drug-likeness (QED) is 0.676. The highest BCUT2D eigenvalue weighted by molar-refractivity contribution is 7.89. The predicted octanol–water partition coefficient (Wildman–Crippen LogP) is 1.54. The molecule has 20 heavy (non-hydrogen) atoms. The van der Waals surface area contributed by atoms with Crippen LogP contribution in [0.15, 0.2) is 34.7 Å². The van der Waals surface area contributed by atoms with Gasteiger partial charge in [0.2, 0.25) is 10.0 Å². The molecule has 0 unspecified atom stereocenters. The summed E-state index contributed by atoms with van der Waals surface area (Å²) in [5, 5.41) is 0. The Labute approximate surface area is 120 Å². The molecule has 0 spiro atoms. The number of rotatable bonds is 4. The second-order valence-electron chi connectivity index (χ2n) is 4.93. The average molecular weight is 296 g/mol. The van der Waals surface area contributed by atoms with Gasteiger partial charge in [0, 0.05) is 25.9 Å². The van der Waals surface area contributed by atoms with E-state index in [9.17, 15) is 8.42 Å². The maximum atomic E-state index is 12.5. The molecule has 1 aromatic carbocycles. The zero-order chi connectivity index (χ0) is 14.8. The van der Waals surface area contributed by atoms with E-state index in [0.717, 1.165) is 11.1 Å². The van der Waals surface area contributed by atoms with Crippen LogP contribution in [-0.4, -0.2) is 39.5 Å². The molecule has 5 nitrogen and oxygen atoms in total. The monoisotopic (exact) mass is 296 g/mol. The second kappa shape index (κ2) is 5.95. The summed E-state index contributed by atoms with van der Waals surface area (Å²) in [6.07, 6.45) is 2.63. The number of benzene rings is 1.